The van der Waals surface area contributed by atoms with Crippen LogP contribution in [0.15, 0.2) is 103 Å². The first kappa shape index (κ1) is 26.4. The van der Waals surface area contributed by atoms with Crippen molar-refractivity contribution in [1.82, 2.24) is 25.1 Å². The van der Waals surface area contributed by atoms with Gasteiger partial charge in [0.15, 0.2) is 5.82 Å². The maximum atomic E-state index is 13.0. The van der Waals surface area contributed by atoms with Crippen LogP contribution in [0.5, 0.6) is 17.4 Å². The highest BCUT2D eigenvalue weighted by Crippen LogP contribution is 2.38. The molecule has 6 rings (SSSR count). The Balaban J connectivity index is 1.27. The number of rotatable bonds is 7. The van der Waals surface area contributed by atoms with Gasteiger partial charge in [-0.1, -0.05) is 36.4 Å². The van der Waals surface area contributed by atoms with Gasteiger partial charge in [0, 0.05) is 34.4 Å². The van der Waals surface area contributed by atoms with Crippen LogP contribution in [0.3, 0.4) is 0 Å². The fourth-order valence-corrected chi connectivity index (χ4v) is 4.32. The smallest absolute Gasteiger partial charge is 0.438 e. The van der Waals surface area contributed by atoms with Gasteiger partial charge in [0.05, 0.1) is 11.3 Å². The zero-order valence-corrected chi connectivity index (χ0v) is 21.6. The standard InChI is InChI=1S/C30H20F3N7O2/c31-30(32,33)42-25-10-4-3-8-23(25)26-20-6-1-2-7-21(20)27(40-39-26)37-18-11-13-19(14-12-18)41-28-22(9-5-16-35-28)24-15-17-36-29(34)38-24/h1-17H,(H,37,40)(H2,34,36,38). The second-order valence-corrected chi connectivity index (χ2v) is 8.89. The molecule has 0 aliphatic heterocycles. The first-order chi connectivity index (χ1) is 20.3. The fraction of sp³-hybridized carbons (Fsp3) is 0.0333. The molecule has 0 radical (unpaired) electrons. The van der Waals surface area contributed by atoms with Gasteiger partial charge in [-0.15, -0.1) is 23.4 Å². The molecule has 42 heavy (non-hydrogen) atoms. The fourth-order valence-electron chi connectivity index (χ4n) is 4.32. The number of hydrogen-bond acceptors (Lipinski definition) is 9. The van der Waals surface area contributed by atoms with Crippen LogP contribution in [-0.2, 0) is 0 Å². The molecule has 0 fully saturated rings. The Bertz CT molecular complexity index is 1880. The van der Waals surface area contributed by atoms with Crippen molar-refractivity contribution in [3.8, 4) is 39.9 Å². The second-order valence-electron chi connectivity index (χ2n) is 8.89. The van der Waals surface area contributed by atoms with Gasteiger partial charge in [0.2, 0.25) is 11.8 Å². The molecular weight excluding hydrogens is 547 g/mol. The lowest BCUT2D eigenvalue weighted by Crippen LogP contribution is -2.17. The lowest BCUT2D eigenvalue weighted by Gasteiger charge is -2.15. The summed E-state index contributed by atoms with van der Waals surface area (Å²) in [5.74, 6) is 1.07. The van der Waals surface area contributed by atoms with Crippen molar-refractivity contribution in [3.05, 3.63) is 103 Å². The number of aromatic nitrogens is 5. The molecule has 0 unspecified atom stereocenters. The number of halogens is 3. The highest BCUT2D eigenvalue weighted by Gasteiger charge is 2.32. The maximum Gasteiger partial charge on any atom is 0.573 e. The minimum absolute atomic E-state index is 0.139. The third-order valence-corrected chi connectivity index (χ3v) is 6.11. The average Bonchev–Trinajstić information content (AvgIpc) is 2.98. The molecule has 0 spiro atoms. The third kappa shape index (κ3) is 5.72. The molecule has 0 amide bonds. The van der Waals surface area contributed by atoms with E-state index in [4.69, 9.17) is 10.5 Å². The lowest BCUT2D eigenvalue weighted by molar-refractivity contribution is -0.274. The van der Waals surface area contributed by atoms with E-state index in [0.717, 1.165) is 0 Å². The van der Waals surface area contributed by atoms with Crippen LogP contribution in [0.2, 0.25) is 0 Å². The molecule has 3 aromatic heterocycles. The van der Waals surface area contributed by atoms with Gasteiger partial charge in [-0.25, -0.2) is 15.0 Å². The van der Waals surface area contributed by atoms with Crippen LogP contribution in [-0.4, -0.2) is 31.5 Å². The highest BCUT2D eigenvalue weighted by atomic mass is 19.4. The molecule has 0 aliphatic carbocycles. The molecule has 208 valence electrons. The molecule has 0 atom stereocenters. The van der Waals surface area contributed by atoms with E-state index in [1.807, 2.05) is 18.2 Å². The van der Waals surface area contributed by atoms with Crippen LogP contribution < -0.4 is 20.5 Å². The van der Waals surface area contributed by atoms with Crippen molar-refractivity contribution in [1.29, 1.82) is 0 Å². The van der Waals surface area contributed by atoms with E-state index in [1.165, 1.54) is 18.2 Å². The number of pyridine rings is 1. The normalized spacial score (nSPS) is 11.3. The zero-order chi connectivity index (χ0) is 29.1. The Hall–Kier alpha value is -5.78. The summed E-state index contributed by atoms with van der Waals surface area (Å²) in [4.78, 5) is 12.5. The van der Waals surface area contributed by atoms with Gasteiger partial charge < -0.3 is 20.5 Å². The number of ether oxygens (including phenoxy) is 2. The third-order valence-electron chi connectivity index (χ3n) is 6.11. The van der Waals surface area contributed by atoms with Gasteiger partial charge in [-0.3, -0.25) is 0 Å². The lowest BCUT2D eigenvalue weighted by atomic mass is 10.0. The molecular formula is C30H20F3N7O2. The first-order valence-electron chi connectivity index (χ1n) is 12.5. The summed E-state index contributed by atoms with van der Waals surface area (Å²) >= 11 is 0. The number of nitrogens with zero attached hydrogens (tertiary/aromatic N) is 5. The van der Waals surface area contributed by atoms with Crippen molar-refractivity contribution in [2.24, 2.45) is 0 Å². The Labute approximate surface area is 236 Å². The van der Waals surface area contributed by atoms with Crippen molar-refractivity contribution < 1.29 is 22.6 Å². The molecule has 3 heterocycles. The van der Waals surface area contributed by atoms with E-state index >= 15 is 0 Å². The summed E-state index contributed by atoms with van der Waals surface area (Å²) in [6.07, 6.45) is -1.68. The van der Waals surface area contributed by atoms with Crippen molar-refractivity contribution in [2.45, 2.75) is 6.36 Å². The largest absolute Gasteiger partial charge is 0.573 e. The Kier molecular flexibility index (Phi) is 6.93. The predicted octanol–water partition coefficient (Wildman–Crippen LogP) is 7.17. The molecule has 9 nitrogen and oxygen atoms in total. The van der Waals surface area contributed by atoms with E-state index in [1.54, 1.807) is 67.0 Å². The van der Waals surface area contributed by atoms with Gasteiger partial charge >= 0.3 is 6.36 Å². The molecule has 3 aromatic carbocycles. The number of anilines is 3. The molecule has 12 heteroatoms. The number of para-hydroxylation sites is 1. The predicted molar refractivity (Wildman–Crippen MR) is 151 cm³/mol. The topological polar surface area (TPSA) is 121 Å². The quantitative estimate of drug-likeness (QED) is 0.207. The monoisotopic (exact) mass is 567 g/mol. The van der Waals surface area contributed by atoms with E-state index in [2.05, 4.69) is 35.2 Å². The maximum absolute atomic E-state index is 13.0. The molecule has 0 saturated heterocycles. The summed E-state index contributed by atoms with van der Waals surface area (Å²) in [7, 11) is 0. The van der Waals surface area contributed by atoms with Crippen LogP contribution in [0.4, 0.5) is 30.6 Å². The van der Waals surface area contributed by atoms with E-state index in [-0.39, 0.29) is 23.0 Å². The number of nitrogens with two attached hydrogens (primary N) is 1. The number of alkyl halides is 3. The Morgan fingerprint density at radius 1 is 0.714 bits per heavy atom. The Morgan fingerprint density at radius 3 is 2.24 bits per heavy atom. The molecule has 3 N–H and O–H groups in total. The van der Waals surface area contributed by atoms with Crippen LogP contribution >= 0.6 is 0 Å². The number of nitrogen functional groups attached to an aromatic ring is 1. The number of benzene rings is 3. The van der Waals surface area contributed by atoms with Crippen molar-refractivity contribution in [2.75, 3.05) is 11.1 Å². The van der Waals surface area contributed by atoms with Gasteiger partial charge in [-0.05, 0) is 54.6 Å². The van der Waals surface area contributed by atoms with Gasteiger partial charge in [0.25, 0.3) is 0 Å². The summed E-state index contributed by atoms with van der Waals surface area (Å²) < 4.78 is 49.4. The van der Waals surface area contributed by atoms with E-state index in [0.29, 0.717) is 45.2 Å². The van der Waals surface area contributed by atoms with Crippen LogP contribution in [0.1, 0.15) is 0 Å². The SMILES string of the molecule is Nc1nccc(-c2cccnc2Oc2ccc(Nc3nnc(-c4ccccc4OC(F)(F)F)c4ccccc34)cc2)n1. The number of hydrogen-bond donors (Lipinski definition) is 2. The zero-order valence-electron chi connectivity index (χ0n) is 21.6. The summed E-state index contributed by atoms with van der Waals surface area (Å²) in [5, 5.41) is 13.1. The summed E-state index contributed by atoms with van der Waals surface area (Å²) in [6.45, 7) is 0. The van der Waals surface area contributed by atoms with E-state index in [9.17, 15) is 13.2 Å². The summed E-state index contributed by atoms with van der Waals surface area (Å²) in [6, 6.07) is 25.4. The average molecular weight is 568 g/mol. The van der Waals surface area contributed by atoms with Crippen molar-refractivity contribution in [3.63, 3.8) is 0 Å². The number of nitrogens with one attached hydrogen (secondary N) is 1. The van der Waals surface area contributed by atoms with E-state index < -0.39 is 6.36 Å². The van der Waals surface area contributed by atoms with Gasteiger partial charge in [0.1, 0.15) is 17.2 Å². The molecule has 0 aliphatic rings. The first-order valence-corrected chi connectivity index (χ1v) is 12.5. The van der Waals surface area contributed by atoms with Gasteiger partial charge in [-0.2, -0.15) is 0 Å². The van der Waals surface area contributed by atoms with Crippen molar-refractivity contribution >= 4 is 28.2 Å². The number of fused-ring (bicyclic) bond motifs is 1. The van der Waals surface area contributed by atoms with Crippen LogP contribution in [0, 0.1) is 0 Å². The molecule has 0 bridgehead atoms. The van der Waals surface area contributed by atoms with Crippen LogP contribution in [0.25, 0.3) is 33.3 Å². The Morgan fingerprint density at radius 2 is 1.45 bits per heavy atom. The molecule has 6 aromatic rings. The minimum atomic E-state index is -4.85. The molecule has 0 saturated carbocycles. The minimum Gasteiger partial charge on any atom is -0.438 e. The summed E-state index contributed by atoms with van der Waals surface area (Å²) in [5.41, 5.74) is 8.07. The highest BCUT2D eigenvalue weighted by molar-refractivity contribution is 6.01. The second kappa shape index (κ2) is 11.0.